The summed E-state index contributed by atoms with van der Waals surface area (Å²) in [5, 5.41) is 2.90. The molecular formula is C35H45N3O6S. The lowest BCUT2D eigenvalue weighted by Gasteiger charge is -2.32. The maximum atomic E-state index is 12.7. The minimum atomic E-state index is -0.518. The number of fused-ring (bicyclic) bond motifs is 1. The molecule has 242 valence electrons. The van der Waals surface area contributed by atoms with Crippen molar-refractivity contribution in [2.75, 3.05) is 38.8 Å². The summed E-state index contributed by atoms with van der Waals surface area (Å²) in [6.45, 7) is 14.6. The second kappa shape index (κ2) is 13.4. The lowest BCUT2D eigenvalue weighted by molar-refractivity contribution is -0.147. The fraction of sp³-hybridized carbons (Fsp3) is 0.514. The van der Waals surface area contributed by atoms with Crippen molar-refractivity contribution in [1.82, 2.24) is 9.88 Å². The Labute approximate surface area is 270 Å². The molecule has 0 saturated carbocycles. The SMILES string of the molecule is COC[C@@H]1[C@H](C(=O)OC)[C@@H](C)CN1c1nc(-c2cccc(C)c2OCc2ccc3c(c2C)CCN(C(=O)OC(C)(C)C)C3)cs1. The molecule has 3 heterocycles. The van der Waals surface area contributed by atoms with Crippen molar-refractivity contribution in [2.45, 2.75) is 72.8 Å². The van der Waals surface area contributed by atoms with Crippen LogP contribution in [0.25, 0.3) is 11.3 Å². The van der Waals surface area contributed by atoms with Gasteiger partial charge < -0.3 is 28.7 Å². The van der Waals surface area contributed by atoms with E-state index in [0.717, 1.165) is 45.2 Å². The first-order valence-corrected chi connectivity index (χ1v) is 16.4. The number of methoxy groups -OCH3 is 2. The van der Waals surface area contributed by atoms with Crippen LogP contribution in [0.15, 0.2) is 35.7 Å². The molecule has 10 heteroatoms. The van der Waals surface area contributed by atoms with Crippen LogP contribution in [0.3, 0.4) is 0 Å². The summed E-state index contributed by atoms with van der Waals surface area (Å²) in [7, 11) is 3.09. The molecule has 2 aromatic carbocycles. The monoisotopic (exact) mass is 635 g/mol. The van der Waals surface area contributed by atoms with E-state index in [1.165, 1.54) is 18.2 Å². The molecular weight excluding hydrogens is 590 g/mol. The Morgan fingerprint density at radius 2 is 1.89 bits per heavy atom. The van der Waals surface area contributed by atoms with Gasteiger partial charge in [-0.05, 0) is 80.8 Å². The standard InChI is InChI=1S/C35H45N3O6S/c1-21-10-9-11-27(28-20-45-33(36-28)38-16-22(2)30(32(39)42-8)29(38)19-41-7)31(21)43-18-25-13-12-24-17-37(15-14-26(24)23(25)3)34(40)44-35(4,5)6/h9-13,20,22,29-30H,14-19H2,1-8H3/t22-,29+,30+/m0/s1. The summed E-state index contributed by atoms with van der Waals surface area (Å²) >= 11 is 1.56. The minimum Gasteiger partial charge on any atom is -0.488 e. The Balaban J connectivity index is 1.34. The molecule has 0 spiro atoms. The van der Waals surface area contributed by atoms with Gasteiger partial charge in [0.2, 0.25) is 0 Å². The number of amides is 1. The molecule has 9 nitrogen and oxygen atoms in total. The van der Waals surface area contributed by atoms with Gasteiger partial charge in [0, 0.05) is 37.7 Å². The number of carbonyl (C=O) groups excluding carboxylic acids is 2. The van der Waals surface area contributed by atoms with Crippen molar-refractivity contribution >= 4 is 28.5 Å². The number of nitrogens with zero attached hydrogens (tertiary/aromatic N) is 3. The topological polar surface area (TPSA) is 90.4 Å². The van der Waals surface area contributed by atoms with E-state index in [1.54, 1.807) is 23.3 Å². The molecule has 3 aromatic rings. The van der Waals surface area contributed by atoms with Gasteiger partial charge in [0.1, 0.15) is 18.0 Å². The van der Waals surface area contributed by atoms with Crippen molar-refractivity contribution in [3.63, 3.8) is 0 Å². The number of ether oxygens (including phenoxy) is 4. The molecule has 3 atom stereocenters. The van der Waals surface area contributed by atoms with E-state index in [9.17, 15) is 9.59 Å². The van der Waals surface area contributed by atoms with E-state index in [0.29, 0.717) is 32.8 Å². The molecule has 0 bridgehead atoms. The fourth-order valence-corrected chi connectivity index (χ4v) is 7.38. The van der Waals surface area contributed by atoms with Crippen LogP contribution in [0.2, 0.25) is 0 Å². The van der Waals surface area contributed by atoms with Crippen LogP contribution in [0, 0.1) is 25.7 Å². The molecule has 45 heavy (non-hydrogen) atoms. The summed E-state index contributed by atoms with van der Waals surface area (Å²) in [6.07, 6.45) is 0.508. The smallest absolute Gasteiger partial charge is 0.410 e. The Morgan fingerprint density at radius 3 is 2.60 bits per heavy atom. The lowest BCUT2D eigenvalue weighted by Crippen LogP contribution is -2.40. The number of para-hydroxylation sites is 1. The summed E-state index contributed by atoms with van der Waals surface area (Å²) in [5.74, 6) is 0.428. The molecule has 0 N–H and O–H groups in total. The number of anilines is 1. The number of aryl methyl sites for hydroxylation is 1. The lowest BCUT2D eigenvalue weighted by atomic mass is 9.92. The van der Waals surface area contributed by atoms with E-state index in [4.69, 9.17) is 23.9 Å². The number of rotatable bonds is 8. The third-order valence-corrected chi connectivity index (χ3v) is 9.65. The third-order valence-electron chi connectivity index (χ3n) is 8.77. The van der Waals surface area contributed by atoms with Crippen molar-refractivity contribution in [1.29, 1.82) is 0 Å². The second-order valence-corrected chi connectivity index (χ2v) is 13.9. The normalized spacial score (nSPS) is 19.8. The second-order valence-electron chi connectivity index (χ2n) is 13.1. The summed E-state index contributed by atoms with van der Waals surface area (Å²) in [5.41, 5.74) is 7.03. The van der Waals surface area contributed by atoms with Crippen LogP contribution in [-0.4, -0.2) is 67.5 Å². The van der Waals surface area contributed by atoms with E-state index in [2.05, 4.69) is 49.3 Å². The fourth-order valence-electron chi connectivity index (χ4n) is 6.49. The van der Waals surface area contributed by atoms with E-state index in [-0.39, 0.29) is 29.9 Å². The average Bonchev–Trinajstić information content (AvgIpc) is 3.60. The highest BCUT2D eigenvalue weighted by molar-refractivity contribution is 7.14. The third kappa shape index (κ3) is 6.97. The zero-order valence-corrected chi connectivity index (χ0v) is 28.5. The predicted molar refractivity (Wildman–Crippen MR) is 176 cm³/mol. The average molecular weight is 636 g/mol. The number of esters is 1. The highest BCUT2D eigenvalue weighted by atomic mass is 32.1. The van der Waals surface area contributed by atoms with Gasteiger partial charge in [-0.3, -0.25) is 4.79 Å². The summed E-state index contributed by atoms with van der Waals surface area (Å²) in [4.78, 5) is 34.3. The van der Waals surface area contributed by atoms with Crippen LogP contribution in [-0.2, 0) is 38.6 Å². The van der Waals surface area contributed by atoms with Gasteiger partial charge in [-0.1, -0.05) is 31.2 Å². The van der Waals surface area contributed by atoms with Gasteiger partial charge in [0.25, 0.3) is 0 Å². The molecule has 2 aliphatic rings. The quantitative estimate of drug-likeness (QED) is 0.257. The Bertz CT molecular complexity index is 1550. The first kappa shape index (κ1) is 32.8. The van der Waals surface area contributed by atoms with Gasteiger partial charge in [0.15, 0.2) is 5.13 Å². The molecule has 1 amide bonds. The maximum Gasteiger partial charge on any atom is 0.410 e. The van der Waals surface area contributed by atoms with Crippen LogP contribution in [0.4, 0.5) is 9.93 Å². The zero-order chi connectivity index (χ0) is 32.5. The first-order chi connectivity index (χ1) is 21.4. The van der Waals surface area contributed by atoms with Gasteiger partial charge in [-0.25, -0.2) is 9.78 Å². The van der Waals surface area contributed by atoms with Crippen LogP contribution >= 0.6 is 11.3 Å². The number of benzene rings is 2. The number of aromatic nitrogens is 1. The molecule has 0 radical (unpaired) electrons. The van der Waals surface area contributed by atoms with Crippen LogP contribution in [0.1, 0.15) is 55.5 Å². The van der Waals surface area contributed by atoms with Gasteiger partial charge in [0.05, 0.1) is 31.4 Å². The number of hydrogen-bond donors (Lipinski definition) is 0. The Kier molecular flexibility index (Phi) is 9.74. The molecule has 1 fully saturated rings. The minimum absolute atomic E-state index is 0.114. The number of thiazole rings is 1. The maximum absolute atomic E-state index is 12.7. The van der Waals surface area contributed by atoms with Crippen molar-refractivity contribution in [2.24, 2.45) is 11.8 Å². The zero-order valence-electron chi connectivity index (χ0n) is 27.6. The molecule has 0 aliphatic carbocycles. The van der Waals surface area contributed by atoms with Crippen molar-refractivity contribution in [3.05, 3.63) is 63.5 Å². The summed E-state index contributed by atoms with van der Waals surface area (Å²) < 4.78 is 22.8. The van der Waals surface area contributed by atoms with Crippen molar-refractivity contribution in [3.8, 4) is 17.0 Å². The van der Waals surface area contributed by atoms with E-state index in [1.807, 2.05) is 32.9 Å². The highest BCUT2D eigenvalue weighted by Crippen LogP contribution is 2.40. The van der Waals surface area contributed by atoms with Crippen LogP contribution < -0.4 is 9.64 Å². The molecule has 0 unspecified atom stereocenters. The Morgan fingerprint density at radius 1 is 1.11 bits per heavy atom. The first-order valence-electron chi connectivity index (χ1n) is 15.5. The molecule has 5 rings (SSSR count). The van der Waals surface area contributed by atoms with Gasteiger partial charge >= 0.3 is 12.1 Å². The largest absolute Gasteiger partial charge is 0.488 e. The van der Waals surface area contributed by atoms with Crippen LogP contribution in [0.5, 0.6) is 5.75 Å². The molecule has 1 saturated heterocycles. The van der Waals surface area contributed by atoms with Gasteiger partial charge in [-0.15, -0.1) is 11.3 Å². The molecule has 1 aromatic heterocycles. The van der Waals surface area contributed by atoms with E-state index < -0.39 is 5.60 Å². The van der Waals surface area contributed by atoms with Crippen molar-refractivity contribution < 1.29 is 28.5 Å². The predicted octanol–water partition coefficient (Wildman–Crippen LogP) is 6.56. The summed E-state index contributed by atoms with van der Waals surface area (Å²) in [6, 6.07) is 10.2. The van der Waals surface area contributed by atoms with E-state index >= 15 is 0 Å². The highest BCUT2D eigenvalue weighted by Gasteiger charge is 2.45. The van der Waals surface area contributed by atoms with Gasteiger partial charge in [-0.2, -0.15) is 0 Å². The Hall–Kier alpha value is -3.63. The number of carbonyl (C=O) groups is 2. The molecule has 2 aliphatic heterocycles. The number of hydrogen-bond acceptors (Lipinski definition) is 9.